The van der Waals surface area contributed by atoms with Crippen LogP contribution in [0.1, 0.15) is 26.3 Å². The number of carbonyl (C=O) groups is 2. The number of esters is 2. The van der Waals surface area contributed by atoms with Gasteiger partial charge in [0.25, 0.3) is 0 Å². The Bertz CT molecular complexity index is 755. The Balaban J connectivity index is 2.50. The minimum Gasteiger partial charge on any atom is -0.465 e. The molecule has 0 N–H and O–H groups in total. The summed E-state index contributed by atoms with van der Waals surface area (Å²) in [4.78, 5) is 35.6. The highest BCUT2D eigenvalue weighted by atomic mass is 19.1. The number of methoxy groups -OCH3 is 2. The van der Waals surface area contributed by atoms with E-state index in [1.807, 2.05) is 0 Å². The molecule has 0 saturated carbocycles. The van der Waals surface area contributed by atoms with Crippen molar-refractivity contribution in [2.75, 3.05) is 14.2 Å². The van der Waals surface area contributed by atoms with Crippen molar-refractivity contribution in [3.8, 4) is 0 Å². The molecule has 0 atom stereocenters. The van der Waals surface area contributed by atoms with Gasteiger partial charge >= 0.3 is 11.9 Å². The van der Waals surface area contributed by atoms with E-state index in [2.05, 4.69) is 9.47 Å². The fourth-order valence-corrected chi connectivity index (χ4v) is 2.03. The third-order valence-electron chi connectivity index (χ3n) is 3.17. The van der Waals surface area contributed by atoms with Crippen LogP contribution >= 0.6 is 0 Å². The van der Waals surface area contributed by atoms with E-state index < -0.39 is 17.4 Å². The van der Waals surface area contributed by atoms with Crippen LogP contribution in [0.4, 0.5) is 4.39 Å². The molecule has 1 aromatic heterocycles. The molecule has 2 aromatic rings. The lowest BCUT2D eigenvalue weighted by molar-refractivity contribution is 0.0594. The highest BCUT2D eigenvalue weighted by molar-refractivity contribution is 5.94. The third kappa shape index (κ3) is 3.63. The molecule has 7 heteroatoms. The molecule has 0 aliphatic carbocycles. The lowest BCUT2D eigenvalue weighted by Crippen LogP contribution is -2.26. The van der Waals surface area contributed by atoms with Gasteiger partial charge in [-0.25, -0.2) is 14.0 Å². The van der Waals surface area contributed by atoms with Gasteiger partial charge in [0.05, 0.1) is 14.2 Å². The number of nitrogens with zero attached hydrogens (tertiary/aromatic N) is 1. The Kier molecular flexibility index (Phi) is 4.90. The van der Waals surface area contributed by atoms with E-state index in [-0.39, 0.29) is 23.5 Å². The molecule has 1 heterocycles. The normalized spacial score (nSPS) is 10.2. The maximum Gasteiger partial charge on any atom is 0.343 e. The van der Waals surface area contributed by atoms with Crippen molar-refractivity contribution < 1.29 is 23.5 Å². The first-order chi connectivity index (χ1) is 11.0. The van der Waals surface area contributed by atoms with Gasteiger partial charge in [-0.15, -0.1) is 0 Å². The molecule has 6 nitrogen and oxygen atoms in total. The van der Waals surface area contributed by atoms with Gasteiger partial charge in [-0.1, -0.05) is 12.1 Å². The summed E-state index contributed by atoms with van der Waals surface area (Å²) in [6.45, 7) is 0.231. The van der Waals surface area contributed by atoms with E-state index >= 15 is 0 Å². The number of hydrogen-bond acceptors (Lipinski definition) is 5. The minimum atomic E-state index is -0.853. The Morgan fingerprint density at radius 1 is 1.00 bits per heavy atom. The summed E-state index contributed by atoms with van der Waals surface area (Å²) in [6.07, 6.45) is 2.56. The summed E-state index contributed by atoms with van der Waals surface area (Å²) in [6, 6.07) is 5.70. The minimum absolute atomic E-state index is 0.231. The predicted octanol–water partition coefficient (Wildman–Crippen LogP) is 1.61. The van der Waals surface area contributed by atoms with Crippen LogP contribution in [0.2, 0.25) is 0 Å². The Morgan fingerprint density at radius 2 is 1.48 bits per heavy atom. The van der Waals surface area contributed by atoms with Crippen LogP contribution in [0.5, 0.6) is 0 Å². The van der Waals surface area contributed by atoms with Crippen molar-refractivity contribution in [3.05, 3.63) is 69.4 Å². The molecule has 0 aliphatic heterocycles. The predicted molar refractivity (Wildman–Crippen MR) is 78.9 cm³/mol. The summed E-state index contributed by atoms with van der Waals surface area (Å²) in [5.74, 6) is -2.08. The SMILES string of the molecule is COC(=O)c1cn(Cc2ccc(F)cc2)cc(C(=O)OC)c1=O. The van der Waals surface area contributed by atoms with Crippen LogP contribution in [0.15, 0.2) is 41.5 Å². The smallest absolute Gasteiger partial charge is 0.343 e. The van der Waals surface area contributed by atoms with E-state index in [0.29, 0.717) is 0 Å². The summed E-state index contributed by atoms with van der Waals surface area (Å²) < 4.78 is 23.5. The molecule has 0 unspecified atom stereocenters. The van der Waals surface area contributed by atoms with Gasteiger partial charge in [0.1, 0.15) is 16.9 Å². The molecular formula is C16H14FNO5. The molecule has 0 bridgehead atoms. The second-order valence-corrected chi connectivity index (χ2v) is 4.70. The van der Waals surface area contributed by atoms with Crippen LogP contribution in [-0.4, -0.2) is 30.7 Å². The molecule has 0 fully saturated rings. The Morgan fingerprint density at radius 3 is 1.91 bits per heavy atom. The van der Waals surface area contributed by atoms with Crippen LogP contribution in [0, 0.1) is 5.82 Å². The number of pyridine rings is 1. The zero-order chi connectivity index (χ0) is 17.0. The zero-order valence-electron chi connectivity index (χ0n) is 12.5. The van der Waals surface area contributed by atoms with Gasteiger partial charge in [0.2, 0.25) is 5.43 Å². The molecule has 0 saturated heterocycles. The number of hydrogen-bond donors (Lipinski definition) is 0. The maximum absolute atomic E-state index is 12.9. The largest absolute Gasteiger partial charge is 0.465 e. The van der Waals surface area contributed by atoms with Crippen molar-refractivity contribution in [1.29, 1.82) is 0 Å². The number of aromatic nitrogens is 1. The quantitative estimate of drug-likeness (QED) is 0.800. The highest BCUT2D eigenvalue weighted by Crippen LogP contribution is 2.08. The van der Waals surface area contributed by atoms with Crippen molar-refractivity contribution in [1.82, 2.24) is 4.57 Å². The van der Waals surface area contributed by atoms with Gasteiger partial charge in [-0.05, 0) is 17.7 Å². The van der Waals surface area contributed by atoms with Gasteiger partial charge in [-0.2, -0.15) is 0 Å². The molecule has 0 spiro atoms. The van der Waals surface area contributed by atoms with Crippen LogP contribution in [0.3, 0.4) is 0 Å². The van der Waals surface area contributed by atoms with Crippen molar-refractivity contribution in [2.24, 2.45) is 0 Å². The van der Waals surface area contributed by atoms with Crippen molar-refractivity contribution >= 4 is 11.9 Å². The molecule has 0 radical (unpaired) electrons. The van der Waals surface area contributed by atoms with E-state index in [4.69, 9.17) is 0 Å². The van der Waals surface area contributed by atoms with Crippen LogP contribution < -0.4 is 5.43 Å². The van der Waals surface area contributed by atoms with Gasteiger partial charge in [0, 0.05) is 18.9 Å². The van der Waals surface area contributed by atoms with Crippen LogP contribution in [-0.2, 0) is 16.0 Å². The zero-order valence-corrected chi connectivity index (χ0v) is 12.5. The summed E-state index contributed by atoms with van der Waals surface area (Å²) in [7, 11) is 2.27. The van der Waals surface area contributed by atoms with E-state index in [9.17, 15) is 18.8 Å². The fourth-order valence-electron chi connectivity index (χ4n) is 2.03. The highest BCUT2D eigenvalue weighted by Gasteiger charge is 2.20. The second-order valence-electron chi connectivity index (χ2n) is 4.70. The first-order valence-electron chi connectivity index (χ1n) is 6.61. The fraction of sp³-hybridized carbons (Fsp3) is 0.188. The Hall–Kier alpha value is -2.96. The average Bonchev–Trinajstić information content (AvgIpc) is 2.56. The lowest BCUT2D eigenvalue weighted by atomic mass is 10.1. The van der Waals surface area contributed by atoms with E-state index in [1.54, 1.807) is 12.1 Å². The molecule has 0 aliphatic rings. The monoisotopic (exact) mass is 319 g/mol. The van der Waals surface area contributed by atoms with Gasteiger partial charge < -0.3 is 14.0 Å². The lowest BCUT2D eigenvalue weighted by Gasteiger charge is -2.11. The van der Waals surface area contributed by atoms with Crippen molar-refractivity contribution in [2.45, 2.75) is 6.54 Å². The number of benzene rings is 1. The van der Waals surface area contributed by atoms with Crippen molar-refractivity contribution in [3.63, 3.8) is 0 Å². The molecule has 23 heavy (non-hydrogen) atoms. The summed E-state index contributed by atoms with van der Waals surface area (Å²) >= 11 is 0. The summed E-state index contributed by atoms with van der Waals surface area (Å²) in [5, 5.41) is 0. The number of halogens is 1. The van der Waals surface area contributed by atoms with Gasteiger partial charge in [0.15, 0.2) is 0 Å². The summed E-state index contributed by atoms with van der Waals surface area (Å²) in [5.41, 5.74) is -0.601. The van der Waals surface area contributed by atoms with E-state index in [0.717, 1.165) is 19.8 Å². The van der Waals surface area contributed by atoms with E-state index in [1.165, 1.54) is 29.1 Å². The number of rotatable bonds is 4. The average molecular weight is 319 g/mol. The Labute approximate surface area is 131 Å². The molecule has 120 valence electrons. The maximum atomic E-state index is 12.9. The third-order valence-corrected chi connectivity index (χ3v) is 3.17. The standard InChI is InChI=1S/C16H14FNO5/c1-22-15(20)12-8-18(7-10-3-5-11(17)6-4-10)9-13(14(12)19)16(21)23-2/h3-6,8-9H,7H2,1-2H3. The number of ether oxygens (including phenoxy) is 2. The molecule has 0 amide bonds. The molecule has 1 aromatic carbocycles. The second kappa shape index (κ2) is 6.87. The molecular weight excluding hydrogens is 305 g/mol. The first-order valence-corrected chi connectivity index (χ1v) is 6.61. The van der Waals surface area contributed by atoms with Gasteiger partial charge in [-0.3, -0.25) is 4.79 Å². The first kappa shape index (κ1) is 16.4. The molecule has 2 rings (SSSR count). The van der Waals surface area contributed by atoms with Crippen LogP contribution in [0.25, 0.3) is 0 Å². The topological polar surface area (TPSA) is 74.6 Å². The number of carbonyl (C=O) groups excluding carboxylic acids is 2.